The Morgan fingerprint density at radius 2 is 1.11 bits per heavy atom. The molecule has 13 N–H and O–H groups in total. The Labute approximate surface area is 203 Å². The molecule has 0 spiro atoms. The molecule has 18 heteroatoms. The first-order valence-corrected chi connectivity index (χ1v) is 10.2. The van der Waals surface area contributed by atoms with Crippen molar-refractivity contribution in [1.82, 2.24) is 16.0 Å². The van der Waals surface area contributed by atoms with E-state index in [1.165, 1.54) is 0 Å². The van der Waals surface area contributed by atoms with Crippen LogP contribution in [0.4, 0.5) is 0 Å². The molecule has 0 saturated carbocycles. The lowest BCUT2D eigenvalue weighted by molar-refractivity contribution is -0.147. The number of nitrogens with one attached hydrogen (secondary N) is 3. The summed E-state index contributed by atoms with van der Waals surface area (Å²) in [6.45, 7) is -0.0151. The molecule has 202 valence electrons. The number of hydrogen-bond acceptors (Lipinski definition) is 9. The lowest BCUT2D eigenvalue weighted by atomic mass is 10.1. The van der Waals surface area contributed by atoms with E-state index in [2.05, 4.69) is 10.3 Å². The normalized spacial score (nSPS) is 13.7. The van der Waals surface area contributed by atoms with Crippen LogP contribution in [0, 0.1) is 0 Å². The number of guanidine groups is 1. The summed E-state index contributed by atoms with van der Waals surface area (Å²) in [6, 6.07) is -6.78. The Bertz CT molecular complexity index is 889. The fourth-order valence-electron chi connectivity index (χ4n) is 2.64. The first-order valence-electron chi connectivity index (χ1n) is 10.2. The molecule has 0 heterocycles. The number of carbonyl (C=O) groups excluding carboxylic acids is 3. The molecule has 0 aliphatic carbocycles. The third-order valence-electron chi connectivity index (χ3n) is 4.31. The summed E-state index contributed by atoms with van der Waals surface area (Å²) in [5, 5.41) is 41.8. The fourth-order valence-corrected chi connectivity index (χ4v) is 2.64. The lowest BCUT2D eigenvalue weighted by Crippen LogP contribution is -2.57. The highest BCUT2D eigenvalue weighted by Crippen LogP contribution is 2.04. The summed E-state index contributed by atoms with van der Waals surface area (Å²) in [6.07, 6.45) is -2.92. The van der Waals surface area contributed by atoms with Gasteiger partial charge in [0.1, 0.15) is 18.1 Å². The SMILES string of the molecule is NC(N)=NCCC[C@H](NC(=O)[C@H](CC(=O)O)NC(=O)[C@@H](N)CC(=O)O)C(=O)N[C@@H](CC(=O)O)C(=O)O. The summed E-state index contributed by atoms with van der Waals surface area (Å²) >= 11 is 0. The molecule has 0 bridgehead atoms. The highest BCUT2D eigenvalue weighted by molar-refractivity contribution is 5.96. The van der Waals surface area contributed by atoms with Crippen LogP contribution in [0.5, 0.6) is 0 Å². The van der Waals surface area contributed by atoms with E-state index in [9.17, 15) is 33.6 Å². The Hall–Kier alpha value is -4.48. The molecular weight excluding hydrogens is 490 g/mol. The van der Waals surface area contributed by atoms with Gasteiger partial charge >= 0.3 is 23.9 Å². The molecule has 0 aromatic rings. The van der Waals surface area contributed by atoms with Crippen LogP contribution in [0.3, 0.4) is 0 Å². The molecule has 18 nitrogen and oxygen atoms in total. The molecule has 0 aromatic heterocycles. The van der Waals surface area contributed by atoms with Crippen molar-refractivity contribution in [3.05, 3.63) is 0 Å². The van der Waals surface area contributed by atoms with Gasteiger partial charge in [-0.3, -0.25) is 33.8 Å². The zero-order chi connectivity index (χ0) is 28.0. The Kier molecular flexibility index (Phi) is 13.5. The third kappa shape index (κ3) is 13.3. The van der Waals surface area contributed by atoms with Gasteiger partial charge in [-0.05, 0) is 12.8 Å². The van der Waals surface area contributed by atoms with Crippen LogP contribution >= 0.6 is 0 Å². The average molecular weight is 519 g/mol. The van der Waals surface area contributed by atoms with Crippen molar-refractivity contribution in [3.63, 3.8) is 0 Å². The number of amides is 3. The fraction of sp³-hybridized carbons (Fsp3) is 0.556. The third-order valence-corrected chi connectivity index (χ3v) is 4.31. The molecule has 0 fully saturated rings. The smallest absolute Gasteiger partial charge is 0.326 e. The topological polar surface area (TPSA) is 327 Å². The molecule has 0 saturated heterocycles. The van der Waals surface area contributed by atoms with E-state index in [-0.39, 0.29) is 25.3 Å². The van der Waals surface area contributed by atoms with Gasteiger partial charge in [-0.15, -0.1) is 0 Å². The van der Waals surface area contributed by atoms with Gasteiger partial charge < -0.3 is 53.6 Å². The summed E-state index contributed by atoms with van der Waals surface area (Å²) < 4.78 is 0. The number of carbonyl (C=O) groups is 7. The number of rotatable bonds is 17. The number of nitrogens with two attached hydrogens (primary N) is 3. The number of nitrogens with zero attached hydrogens (tertiary/aromatic N) is 1. The van der Waals surface area contributed by atoms with Gasteiger partial charge in [0.25, 0.3) is 0 Å². The van der Waals surface area contributed by atoms with Crippen molar-refractivity contribution < 1.29 is 54.0 Å². The number of aliphatic imine (C=N–C) groups is 1. The van der Waals surface area contributed by atoms with Crippen molar-refractivity contribution >= 4 is 47.6 Å². The summed E-state index contributed by atoms with van der Waals surface area (Å²) in [5.41, 5.74) is 15.8. The maximum Gasteiger partial charge on any atom is 0.326 e. The molecule has 4 atom stereocenters. The van der Waals surface area contributed by atoms with Crippen LogP contribution < -0.4 is 33.2 Å². The predicted molar refractivity (Wildman–Crippen MR) is 118 cm³/mol. The van der Waals surface area contributed by atoms with E-state index < -0.39 is 85.0 Å². The average Bonchev–Trinajstić information content (AvgIpc) is 2.73. The second-order valence-electron chi connectivity index (χ2n) is 7.37. The molecule has 0 aliphatic heterocycles. The molecule has 36 heavy (non-hydrogen) atoms. The summed E-state index contributed by atoms with van der Waals surface area (Å²) in [4.78, 5) is 85.1. The van der Waals surface area contributed by atoms with E-state index in [0.29, 0.717) is 0 Å². The van der Waals surface area contributed by atoms with Crippen LogP contribution in [-0.4, -0.2) is 98.7 Å². The summed E-state index contributed by atoms with van der Waals surface area (Å²) in [7, 11) is 0. The van der Waals surface area contributed by atoms with Crippen LogP contribution in [0.2, 0.25) is 0 Å². The quantitative estimate of drug-likeness (QED) is 0.0490. The predicted octanol–water partition coefficient (Wildman–Crippen LogP) is -4.67. The van der Waals surface area contributed by atoms with Gasteiger partial charge in [0.15, 0.2) is 5.96 Å². The van der Waals surface area contributed by atoms with Crippen LogP contribution in [-0.2, 0) is 33.6 Å². The van der Waals surface area contributed by atoms with E-state index in [4.69, 9.17) is 37.6 Å². The number of aliphatic carboxylic acids is 4. The van der Waals surface area contributed by atoms with E-state index in [0.717, 1.165) is 0 Å². The van der Waals surface area contributed by atoms with Crippen molar-refractivity contribution in [3.8, 4) is 0 Å². The van der Waals surface area contributed by atoms with E-state index in [1.807, 2.05) is 10.6 Å². The Balaban J connectivity index is 5.69. The Morgan fingerprint density at radius 1 is 0.667 bits per heavy atom. The lowest BCUT2D eigenvalue weighted by Gasteiger charge is -2.24. The maximum absolute atomic E-state index is 12.7. The molecule has 0 unspecified atom stereocenters. The van der Waals surface area contributed by atoms with Gasteiger partial charge in [0.2, 0.25) is 17.7 Å². The van der Waals surface area contributed by atoms with E-state index in [1.54, 1.807) is 0 Å². The molecule has 0 rings (SSSR count). The van der Waals surface area contributed by atoms with Gasteiger partial charge in [0.05, 0.1) is 25.3 Å². The molecule has 3 amide bonds. The van der Waals surface area contributed by atoms with Gasteiger partial charge in [-0.1, -0.05) is 0 Å². The highest BCUT2D eigenvalue weighted by Gasteiger charge is 2.32. The zero-order valence-corrected chi connectivity index (χ0v) is 18.9. The molecular formula is C18H29N7O11. The number of carboxylic acid groups (broad SMARTS) is 4. The van der Waals surface area contributed by atoms with Crippen molar-refractivity contribution in [1.29, 1.82) is 0 Å². The Morgan fingerprint density at radius 3 is 1.58 bits per heavy atom. The van der Waals surface area contributed by atoms with Crippen LogP contribution in [0.15, 0.2) is 4.99 Å². The second-order valence-corrected chi connectivity index (χ2v) is 7.37. The minimum absolute atomic E-state index is 0.0151. The standard InChI is InChI=1S/C18H29N7O11/c19-7(4-11(26)27)14(32)24-9(5-12(28)29)16(34)23-8(2-1-3-22-18(20)21)15(33)25-10(17(35)36)6-13(30)31/h7-10H,1-6,19H2,(H,23,34)(H,24,32)(H,25,33)(H,26,27)(H,28,29)(H,30,31)(H,35,36)(H4,20,21,22)/t7-,8-,9-,10-/m0/s1. The first-order chi connectivity index (χ1) is 16.6. The maximum atomic E-state index is 12.7. The highest BCUT2D eigenvalue weighted by atomic mass is 16.4. The monoisotopic (exact) mass is 519 g/mol. The van der Waals surface area contributed by atoms with Crippen molar-refractivity contribution in [2.45, 2.75) is 56.3 Å². The van der Waals surface area contributed by atoms with E-state index >= 15 is 0 Å². The minimum Gasteiger partial charge on any atom is -0.481 e. The van der Waals surface area contributed by atoms with Crippen LogP contribution in [0.25, 0.3) is 0 Å². The first kappa shape index (κ1) is 31.5. The summed E-state index contributed by atoms with van der Waals surface area (Å²) in [5.74, 6) is -9.90. The molecule has 0 aliphatic rings. The van der Waals surface area contributed by atoms with Gasteiger partial charge in [0, 0.05) is 6.54 Å². The number of hydrogen-bond donors (Lipinski definition) is 10. The van der Waals surface area contributed by atoms with Gasteiger partial charge in [-0.2, -0.15) is 0 Å². The zero-order valence-electron chi connectivity index (χ0n) is 18.9. The van der Waals surface area contributed by atoms with Gasteiger partial charge in [-0.25, -0.2) is 4.79 Å². The van der Waals surface area contributed by atoms with Crippen molar-refractivity contribution in [2.75, 3.05) is 6.54 Å². The molecule has 0 radical (unpaired) electrons. The van der Waals surface area contributed by atoms with Crippen molar-refractivity contribution in [2.24, 2.45) is 22.2 Å². The second kappa shape index (κ2) is 15.4. The minimum atomic E-state index is -1.85. The largest absolute Gasteiger partial charge is 0.481 e. The molecule has 0 aromatic carbocycles. The van der Waals surface area contributed by atoms with Crippen LogP contribution in [0.1, 0.15) is 32.1 Å². The number of carboxylic acids is 4.